The van der Waals surface area contributed by atoms with E-state index in [4.69, 9.17) is 4.84 Å². The van der Waals surface area contributed by atoms with Gasteiger partial charge in [0.1, 0.15) is 12.4 Å². The predicted molar refractivity (Wildman–Crippen MR) is 65.7 cm³/mol. The highest BCUT2D eigenvalue weighted by Crippen LogP contribution is 2.17. The third-order valence-corrected chi connectivity index (χ3v) is 2.05. The van der Waals surface area contributed by atoms with E-state index in [9.17, 15) is 4.79 Å². The SMILES string of the molecule is CCOC(=O)NOCc1cnc(C(C)(C)C)nc1. The molecular weight excluding hydrogens is 234 g/mol. The van der Waals surface area contributed by atoms with E-state index in [1.807, 2.05) is 20.8 Å². The lowest BCUT2D eigenvalue weighted by Gasteiger charge is -2.16. The summed E-state index contributed by atoms with van der Waals surface area (Å²) in [5.41, 5.74) is 2.86. The summed E-state index contributed by atoms with van der Waals surface area (Å²) in [6.07, 6.45) is 2.76. The number of aromatic nitrogens is 2. The number of amides is 1. The summed E-state index contributed by atoms with van der Waals surface area (Å²) in [7, 11) is 0. The maximum atomic E-state index is 10.9. The summed E-state index contributed by atoms with van der Waals surface area (Å²) in [4.78, 5) is 24.4. The van der Waals surface area contributed by atoms with Gasteiger partial charge in [-0.25, -0.2) is 14.8 Å². The van der Waals surface area contributed by atoms with Crippen molar-refractivity contribution in [1.82, 2.24) is 15.4 Å². The van der Waals surface area contributed by atoms with Gasteiger partial charge in [0, 0.05) is 23.4 Å². The Labute approximate surface area is 107 Å². The molecule has 1 amide bonds. The summed E-state index contributed by atoms with van der Waals surface area (Å²) in [6, 6.07) is 0. The second-order valence-corrected chi connectivity index (χ2v) is 4.78. The Morgan fingerprint density at radius 1 is 1.33 bits per heavy atom. The van der Waals surface area contributed by atoms with Crippen molar-refractivity contribution in [2.24, 2.45) is 0 Å². The van der Waals surface area contributed by atoms with Crippen molar-refractivity contribution < 1.29 is 14.4 Å². The number of nitrogens with zero attached hydrogens (tertiary/aromatic N) is 2. The first-order valence-corrected chi connectivity index (χ1v) is 5.79. The number of rotatable bonds is 4. The van der Waals surface area contributed by atoms with E-state index in [2.05, 4.69) is 20.2 Å². The Balaban J connectivity index is 2.42. The molecule has 0 saturated carbocycles. The van der Waals surface area contributed by atoms with Crippen LogP contribution in [0, 0.1) is 0 Å². The summed E-state index contributed by atoms with van der Waals surface area (Å²) in [5, 5.41) is 0. The van der Waals surface area contributed by atoms with Gasteiger partial charge >= 0.3 is 6.09 Å². The largest absolute Gasteiger partial charge is 0.448 e. The van der Waals surface area contributed by atoms with Gasteiger partial charge in [-0.1, -0.05) is 20.8 Å². The van der Waals surface area contributed by atoms with Crippen LogP contribution in [0.2, 0.25) is 0 Å². The van der Waals surface area contributed by atoms with E-state index in [1.165, 1.54) is 0 Å². The highest BCUT2D eigenvalue weighted by Gasteiger charge is 2.16. The third kappa shape index (κ3) is 4.67. The number of nitrogens with one attached hydrogen (secondary N) is 1. The van der Waals surface area contributed by atoms with Crippen molar-refractivity contribution in [3.05, 3.63) is 23.8 Å². The quantitative estimate of drug-likeness (QED) is 0.830. The van der Waals surface area contributed by atoms with Crippen molar-refractivity contribution in [2.75, 3.05) is 6.61 Å². The smallest absolute Gasteiger partial charge is 0.431 e. The summed E-state index contributed by atoms with van der Waals surface area (Å²) in [5.74, 6) is 0.768. The van der Waals surface area contributed by atoms with Gasteiger partial charge in [-0.15, -0.1) is 0 Å². The first-order valence-electron chi connectivity index (χ1n) is 5.79. The minimum absolute atomic E-state index is 0.0808. The second kappa shape index (κ2) is 6.30. The normalized spacial score (nSPS) is 11.1. The van der Waals surface area contributed by atoms with Crippen LogP contribution in [0.5, 0.6) is 0 Å². The molecule has 0 saturated heterocycles. The van der Waals surface area contributed by atoms with Crippen LogP contribution in [-0.2, 0) is 21.6 Å². The molecule has 1 aromatic rings. The molecule has 0 radical (unpaired) electrons. The fraction of sp³-hybridized carbons (Fsp3) is 0.583. The van der Waals surface area contributed by atoms with Crippen LogP contribution >= 0.6 is 0 Å². The van der Waals surface area contributed by atoms with Crippen molar-refractivity contribution in [2.45, 2.75) is 39.7 Å². The van der Waals surface area contributed by atoms with Crippen LogP contribution < -0.4 is 5.48 Å². The minimum Gasteiger partial charge on any atom is -0.448 e. The van der Waals surface area contributed by atoms with E-state index < -0.39 is 6.09 Å². The molecule has 6 heteroatoms. The molecule has 0 spiro atoms. The molecule has 0 aliphatic heterocycles. The zero-order chi connectivity index (χ0) is 13.6. The van der Waals surface area contributed by atoms with Crippen LogP contribution in [0.25, 0.3) is 0 Å². The average Bonchev–Trinajstić information content (AvgIpc) is 2.29. The van der Waals surface area contributed by atoms with Crippen LogP contribution in [-0.4, -0.2) is 22.7 Å². The Kier molecular flexibility index (Phi) is 5.03. The molecule has 0 bridgehead atoms. The summed E-state index contributed by atoms with van der Waals surface area (Å²) in [6.45, 7) is 8.35. The van der Waals surface area contributed by atoms with Gasteiger partial charge in [-0.05, 0) is 6.92 Å². The number of hydrogen-bond donors (Lipinski definition) is 1. The summed E-state index contributed by atoms with van der Waals surface area (Å²) >= 11 is 0. The fourth-order valence-electron chi connectivity index (χ4n) is 1.16. The molecular formula is C12H19N3O3. The first kappa shape index (κ1) is 14.4. The Morgan fingerprint density at radius 2 is 1.94 bits per heavy atom. The number of ether oxygens (including phenoxy) is 1. The Morgan fingerprint density at radius 3 is 2.44 bits per heavy atom. The van der Waals surface area contributed by atoms with E-state index in [-0.39, 0.29) is 12.0 Å². The van der Waals surface area contributed by atoms with Gasteiger partial charge in [0.25, 0.3) is 0 Å². The van der Waals surface area contributed by atoms with Gasteiger partial charge in [-0.3, -0.25) is 4.84 Å². The van der Waals surface area contributed by atoms with Gasteiger partial charge in [0.05, 0.1) is 6.61 Å². The van der Waals surface area contributed by atoms with E-state index in [0.29, 0.717) is 6.61 Å². The fourth-order valence-corrected chi connectivity index (χ4v) is 1.16. The molecule has 0 aliphatic carbocycles. The minimum atomic E-state index is -0.607. The maximum Gasteiger partial charge on any atom is 0.431 e. The number of carbonyl (C=O) groups is 1. The highest BCUT2D eigenvalue weighted by atomic mass is 16.7. The molecule has 18 heavy (non-hydrogen) atoms. The molecule has 1 rings (SSSR count). The van der Waals surface area contributed by atoms with Crippen LogP contribution in [0.1, 0.15) is 39.1 Å². The maximum absolute atomic E-state index is 10.9. The average molecular weight is 253 g/mol. The third-order valence-electron chi connectivity index (χ3n) is 2.05. The van der Waals surface area contributed by atoms with Crippen LogP contribution in [0.4, 0.5) is 4.79 Å². The molecule has 0 aliphatic rings. The number of carbonyl (C=O) groups excluding carboxylic acids is 1. The van der Waals surface area contributed by atoms with Gasteiger partial charge in [-0.2, -0.15) is 5.48 Å². The van der Waals surface area contributed by atoms with Crippen LogP contribution in [0.15, 0.2) is 12.4 Å². The van der Waals surface area contributed by atoms with Crippen molar-refractivity contribution in [3.8, 4) is 0 Å². The number of hydroxylamine groups is 1. The van der Waals surface area contributed by atoms with E-state index in [1.54, 1.807) is 19.3 Å². The van der Waals surface area contributed by atoms with E-state index in [0.717, 1.165) is 11.4 Å². The lowest BCUT2D eigenvalue weighted by Crippen LogP contribution is -2.24. The highest BCUT2D eigenvalue weighted by molar-refractivity contribution is 5.65. The van der Waals surface area contributed by atoms with Crippen LogP contribution in [0.3, 0.4) is 0 Å². The second-order valence-electron chi connectivity index (χ2n) is 4.78. The van der Waals surface area contributed by atoms with Crippen molar-refractivity contribution in [3.63, 3.8) is 0 Å². The van der Waals surface area contributed by atoms with Crippen molar-refractivity contribution in [1.29, 1.82) is 0 Å². The molecule has 0 atom stereocenters. The zero-order valence-corrected chi connectivity index (χ0v) is 11.2. The summed E-state index contributed by atoms with van der Waals surface area (Å²) < 4.78 is 4.64. The molecule has 1 heterocycles. The van der Waals surface area contributed by atoms with E-state index >= 15 is 0 Å². The molecule has 1 aromatic heterocycles. The van der Waals surface area contributed by atoms with Gasteiger partial charge in [0.2, 0.25) is 0 Å². The van der Waals surface area contributed by atoms with Crippen molar-refractivity contribution >= 4 is 6.09 Å². The molecule has 1 N–H and O–H groups in total. The molecule has 100 valence electrons. The number of hydrogen-bond acceptors (Lipinski definition) is 5. The lowest BCUT2D eigenvalue weighted by atomic mass is 9.96. The molecule has 0 aromatic carbocycles. The molecule has 6 nitrogen and oxygen atoms in total. The predicted octanol–water partition coefficient (Wildman–Crippen LogP) is 1.95. The van der Waals surface area contributed by atoms with Gasteiger partial charge in [0.15, 0.2) is 0 Å². The molecule has 0 unspecified atom stereocenters. The monoisotopic (exact) mass is 253 g/mol. The zero-order valence-electron chi connectivity index (χ0n) is 11.2. The lowest BCUT2D eigenvalue weighted by molar-refractivity contribution is 0.0196. The standard InChI is InChI=1S/C12H19N3O3/c1-5-17-11(16)15-18-8-9-6-13-10(14-7-9)12(2,3)4/h6-7H,5,8H2,1-4H3,(H,15,16). The molecule has 0 fully saturated rings. The Bertz CT molecular complexity index is 385. The van der Waals surface area contributed by atoms with Gasteiger partial charge < -0.3 is 4.74 Å². The Hall–Kier alpha value is -1.69. The topological polar surface area (TPSA) is 73.3 Å². The first-order chi connectivity index (χ1) is 8.43.